The second-order valence-corrected chi connectivity index (χ2v) is 4.36. The summed E-state index contributed by atoms with van der Waals surface area (Å²) < 4.78 is 0. The summed E-state index contributed by atoms with van der Waals surface area (Å²) in [6, 6.07) is 5.38. The number of rotatable bonds is 3. The Morgan fingerprint density at radius 3 is 2.60 bits per heavy atom. The maximum absolute atomic E-state index is 11.7. The second kappa shape index (κ2) is 5.53. The summed E-state index contributed by atoms with van der Waals surface area (Å²) in [6.45, 7) is 9.30. The highest BCUT2D eigenvalue weighted by Crippen LogP contribution is 2.27. The molecule has 1 N–H and O–H groups in total. The van der Waals surface area contributed by atoms with Crippen LogP contribution >= 0.6 is 0 Å². The van der Waals surface area contributed by atoms with Crippen molar-refractivity contribution in [2.75, 3.05) is 0 Å². The van der Waals surface area contributed by atoms with Gasteiger partial charge in [0.05, 0.1) is 0 Å². The van der Waals surface area contributed by atoms with Crippen LogP contribution in [0.1, 0.15) is 28.4 Å². The number of carbonyl (C=O) groups is 2. The van der Waals surface area contributed by atoms with E-state index in [9.17, 15) is 9.59 Å². The molecule has 20 heavy (non-hydrogen) atoms. The van der Waals surface area contributed by atoms with Gasteiger partial charge in [-0.2, -0.15) is 0 Å². The summed E-state index contributed by atoms with van der Waals surface area (Å²) in [5.74, 6) is -0.823. The normalized spacial score (nSPS) is 15.2. The molecule has 0 atom stereocenters. The van der Waals surface area contributed by atoms with Crippen LogP contribution in [0.25, 0.3) is 11.1 Å². The molecule has 1 aromatic carbocycles. The molecule has 2 rings (SSSR count). The van der Waals surface area contributed by atoms with Crippen molar-refractivity contribution in [2.24, 2.45) is 0 Å². The maximum Gasteiger partial charge on any atom is 0.258 e. The summed E-state index contributed by atoms with van der Waals surface area (Å²) in [6.07, 6.45) is 7.40. The Balaban J connectivity index is 2.53. The van der Waals surface area contributed by atoms with Crippen molar-refractivity contribution in [3.05, 3.63) is 72.4 Å². The van der Waals surface area contributed by atoms with E-state index in [4.69, 9.17) is 0 Å². The molecule has 0 radical (unpaired) electrons. The van der Waals surface area contributed by atoms with Crippen LogP contribution in [-0.4, -0.2) is 11.8 Å². The van der Waals surface area contributed by atoms with Crippen molar-refractivity contribution in [1.29, 1.82) is 0 Å². The molecular weight excluding hydrogens is 250 g/mol. The SMILES string of the molecule is C=C/C=C\C(=C/C)c1ccc2c(c1)C(=C)C(=O)NC2=O. The van der Waals surface area contributed by atoms with E-state index < -0.39 is 5.91 Å². The monoisotopic (exact) mass is 265 g/mol. The summed E-state index contributed by atoms with van der Waals surface area (Å²) in [5, 5.41) is 2.26. The van der Waals surface area contributed by atoms with Crippen LogP contribution in [0.5, 0.6) is 0 Å². The van der Waals surface area contributed by atoms with Gasteiger partial charge in [-0.1, -0.05) is 43.5 Å². The summed E-state index contributed by atoms with van der Waals surface area (Å²) in [7, 11) is 0. The molecule has 0 fully saturated rings. The first-order valence-electron chi connectivity index (χ1n) is 6.23. The van der Waals surface area contributed by atoms with Gasteiger partial charge in [0.25, 0.3) is 11.8 Å². The average Bonchev–Trinajstić information content (AvgIpc) is 2.45. The van der Waals surface area contributed by atoms with E-state index in [1.165, 1.54) is 0 Å². The van der Waals surface area contributed by atoms with Gasteiger partial charge in [0.2, 0.25) is 0 Å². The maximum atomic E-state index is 11.7. The first-order valence-corrected chi connectivity index (χ1v) is 6.23. The van der Waals surface area contributed by atoms with Crippen LogP contribution in [0.2, 0.25) is 0 Å². The van der Waals surface area contributed by atoms with E-state index in [2.05, 4.69) is 18.5 Å². The van der Waals surface area contributed by atoms with Crippen molar-refractivity contribution in [2.45, 2.75) is 6.92 Å². The number of imide groups is 1. The fraction of sp³-hybridized carbons (Fsp3) is 0.0588. The molecule has 0 saturated carbocycles. The summed E-state index contributed by atoms with van der Waals surface area (Å²) in [4.78, 5) is 23.4. The van der Waals surface area contributed by atoms with Gasteiger partial charge in [0.15, 0.2) is 0 Å². The number of hydrogen-bond acceptors (Lipinski definition) is 2. The van der Waals surface area contributed by atoms with Crippen LogP contribution in [-0.2, 0) is 4.79 Å². The minimum absolute atomic E-state index is 0.310. The number of fused-ring (bicyclic) bond motifs is 1. The molecule has 2 amide bonds. The zero-order chi connectivity index (χ0) is 14.7. The minimum atomic E-state index is -0.441. The molecule has 1 heterocycles. The lowest BCUT2D eigenvalue weighted by atomic mass is 9.92. The molecule has 1 aromatic rings. The number of benzene rings is 1. The number of carbonyl (C=O) groups excluding carboxylic acids is 2. The summed E-state index contributed by atoms with van der Waals surface area (Å²) in [5.41, 5.74) is 3.28. The van der Waals surface area contributed by atoms with Gasteiger partial charge in [0, 0.05) is 11.1 Å². The molecule has 0 aromatic heterocycles. The zero-order valence-electron chi connectivity index (χ0n) is 11.3. The molecule has 0 aliphatic carbocycles. The van der Waals surface area contributed by atoms with Gasteiger partial charge < -0.3 is 0 Å². The van der Waals surface area contributed by atoms with Crippen LogP contribution in [0.3, 0.4) is 0 Å². The highest BCUT2D eigenvalue weighted by molar-refractivity contribution is 6.30. The topological polar surface area (TPSA) is 46.2 Å². The lowest BCUT2D eigenvalue weighted by Crippen LogP contribution is -2.36. The van der Waals surface area contributed by atoms with Gasteiger partial charge in [0.1, 0.15) is 0 Å². The smallest absolute Gasteiger partial charge is 0.258 e. The van der Waals surface area contributed by atoms with Gasteiger partial charge in [-0.05, 0) is 35.8 Å². The standard InChI is InChI=1S/C17H15NO2/c1-4-6-7-12(5-2)13-8-9-14-15(10-13)11(3)16(19)18-17(14)20/h4-10H,1,3H2,2H3,(H,18,19,20)/b7-6-,12-5+. The fourth-order valence-electron chi connectivity index (χ4n) is 2.07. The van der Waals surface area contributed by atoms with E-state index in [0.717, 1.165) is 11.1 Å². The van der Waals surface area contributed by atoms with Gasteiger partial charge in [-0.25, -0.2) is 0 Å². The fourth-order valence-corrected chi connectivity index (χ4v) is 2.07. The first-order chi connectivity index (χ1) is 9.58. The third kappa shape index (κ3) is 2.38. The summed E-state index contributed by atoms with van der Waals surface area (Å²) >= 11 is 0. The van der Waals surface area contributed by atoms with Crippen molar-refractivity contribution >= 4 is 23.0 Å². The molecule has 3 nitrogen and oxygen atoms in total. The Hall–Kier alpha value is -2.68. The van der Waals surface area contributed by atoms with Crippen molar-refractivity contribution in [1.82, 2.24) is 5.32 Å². The molecular formula is C17H15NO2. The third-order valence-corrected chi connectivity index (χ3v) is 3.15. The predicted octanol–water partition coefficient (Wildman–Crippen LogP) is 3.12. The Kier molecular flexibility index (Phi) is 3.80. The van der Waals surface area contributed by atoms with E-state index in [-0.39, 0.29) is 5.91 Å². The third-order valence-electron chi connectivity index (χ3n) is 3.15. The van der Waals surface area contributed by atoms with Crippen LogP contribution in [0.15, 0.2) is 55.7 Å². The quantitative estimate of drug-likeness (QED) is 0.518. The Morgan fingerprint density at radius 1 is 1.20 bits per heavy atom. The van der Waals surface area contributed by atoms with E-state index in [1.54, 1.807) is 12.1 Å². The Bertz CT molecular complexity index is 678. The molecule has 1 aliphatic rings. The number of allylic oxidation sites excluding steroid dienone is 5. The molecule has 3 heteroatoms. The Labute approximate surface area is 118 Å². The second-order valence-electron chi connectivity index (χ2n) is 4.36. The van der Waals surface area contributed by atoms with E-state index in [1.807, 2.05) is 37.3 Å². The number of amides is 2. The molecule has 0 bridgehead atoms. The molecule has 0 saturated heterocycles. The first kappa shape index (κ1) is 13.7. The minimum Gasteiger partial charge on any atom is -0.288 e. The number of nitrogens with one attached hydrogen (secondary N) is 1. The van der Waals surface area contributed by atoms with E-state index in [0.29, 0.717) is 16.7 Å². The largest absolute Gasteiger partial charge is 0.288 e. The molecule has 1 aliphatic heterocycles. The average molecular weight is 265 g/mol. The van der Waals surface area contributed by atoms with Crippen molar-refractivity contribution in [3.8, 4) is 0 Å². The van der Waals surface area contributed by atoms with Crippen LogP contribution in [0.4, 0.5) is 0 Å². The zero-order valence-corrected chi connectivity index (χ0v) is 11.3. The van der Waals surface area contributed by atoms with Gasteiger partial charge in [-0.3, -0.25) is 14.9 Å². The predicted molar refractivity (Wildman–Crippen MR) is 80.9 cm³/mol. The van der Waals surface area contributed by atoms with Crippen molar-refractivity contribution < 1.29 is 9.59 Å². The lowest BCUT2D eigenvalue weighted by molar-refractivity contribution is -0.114. The molecule has 0 spiro atoms. The Morgan fingerprint density at radius 2 is 1.95 bits per heavy atom. The van der Waals surface area contributed by atoms with Gasteiger partial charge >= 0.3 is 0 Å². The lowest BCUT2D eigenvalue weighted by Gasteiger charge is -2.18. The van der Waals surface area contributed by atoms with Crippen LogP contribution < -0.4 is 5.32 Å². The number of hydrogen-bond donors (Lipinski definition) is 1. The van der Waals surface area contributed by atoms with Gasteiger partial charge in [-0.15, -0.1) is 0 Å². The van der Waals surface area contributed by atoms with Crippen molar-refractivity contribution in [3.63, 3.8) is 0 Å². The van der Waals surface area contributed by atoms with Crippen LogP contribution in [0, 0.1) is 0 Å². The molecule has 100 valence electrons. The highest BCUT2D eigenvalue weighted by Gasteiger charge is 2.25. The molecule has 0 unspecified atom stereocenters. The highest BCUT2D eigenvalue weighted by atomic mass is 16.2. The van der Waals surface area contributed by atoms with E-state index >= 15 is 0 Å².